The number of aromatic nitrogens is 3. The minimum atomic E-state index is -4.44. The molecule has 4 heterocycles. The highest BCUT2D eigenvalue weighted by molar-refractivity contribution is 7.16. The van der Waals surface area contributed by atoms with Crippen LogP contribution in [0.25, 0.3) is 11.3 Å². The lowest BCUT2D eigenvalue weighted by molar-refractivity contribution is -0.144. The number of aryl methyl sites for hydroxylation is 2. The van der Waals surface area contributed by atoms with E-state index in [1.54, 1.807) is 19.9 Å². The number of nitrogens with zero attached hydrogens (tertiary/aromatic N) is 6. The molecule has 0 amide bonds. The van der Waals surface area contributed by atoms with Crippen molar-refractivity contribution >= 4 is 34.1 Å². The lowest BCUT2D eigenvalue weighted by Crippen LogP contribution is -2.48. The molecule has 0 saturated carbocycles. The summed E-state index contributed by atoms with van der Waals surface area (Å²) in [4.78, 5) is 33.4. The van der Waals surface area contributed by atoms with Crippen molar-refractivity contribution in [1.29, 1.82) is 0 Å². The largest absolute Gasteiger partial charge is 0.465 e. The first-order valence-corrected chi connectivity index (χ1v) is 15.5. The van der Waals surface area contributed by atoms with Gasteiger partial charge >= 0.3 is 12.1 Å². The zero-order valence-corrected chi connectivity index (χ0v) is 25.8. The van der Waals surface area contributed by atoms with Gasteiger partial charge in [-0.2, -0.15) is 13.2 Å². The van der Waals surface area contributed by atoms with Gasteiger partial charge in [-0.3, -0.25) is 14.6 Å². The predicted octanol–water partition coefficient (Wildman–Crippen LogP) is 5.65. The van der Waals surface area contributed by atoms with Crippen LogP contribution in [0.15, 0.2) is 24.3 Å². The molecule has 0 spiro atoms. The molecule has 2 saturated heterocycles. The summed E-state index contributed by atoms with van der Waals surface area (Å²) in [7, 11) is 0. The third-order valence-electron chi connectivity index (χ3n) is 7.83. The molecular formula is C30H38F3N7O2S. The number of esters is 1. The second-order valence-corrected chi connectivity index (χ2v) is 12.3. The molecule has 0 radical (unpaired) electrons. The molecule has 3 aromatic rings. The van der Waals surface area contributed by atoms with Crippen molar-refractivity contribution in [2.75, 3.05) is 56.1 Å². The van der Waals surface area contributed by atoms with Gasteiger partial charge in [0.25, 0.3) is 0 Å². The molecule has 232 valence electrons. The third-order valence-corrected chi connectivity index (χ3v) is 8.78. The molecule has 2 aliphatic rings. The van der Waals surface area contributed by atoms with Crippen LogP contribution in [0, 0.1) is 13.8 Å². The Hall–Kier alpha value is -3.29. The minimum absolute atomic E-state index is 0.220. The number of halogens is 3. The number of ether oxygens (including phenoxy) is 1. The number of piperazine rings is 1. The van der Waals surface area contributed by atoms with Crippen LogP contribution in [0.3, 0.4) is 0 Å². The summed E-state index contributed by atoms with van der Waals surface area (Å²) < 4.78 is 46.2. The van der Waals surface area contributed by atoms with Gasteiger partial charge in [0.15, 0.2) is 5.13 Å². The molecule has 1 atom stereocenters. The number of rotatable bonds is 9. The molecule has 1 aromatic carbocycles. The maximum Gasteiger partial charge on any atom is 0.416 e. The third kappa shape index (κ3) is 7.81. The van der Waals surface area contributed by atoms with Crippen LogP contribution in [-0.4, -0.2) is 82.6 Å². The van der Waals surface area contributed by atoms with E-state index in [2.05, 4.69) is 36.9 Å². The molecule has 2 fully saturated rings. The molecule has 2 aliphatic heterocycles. The zero-order valence-electron chi connectivity index (χ0n) is 25.0. The average Bonchev–Trinajstić information content (AvgIpc) is 3.53. The van der Waals surface area contributed by atoms with E-state index in [9.17, 15) is 18.0 Å². The van der Waals surface area contributed by atoms with E-state index in [0.29, 0.717) is 79.0 Å². The van der Waals surface area contributed by atoms with Crippen molar-refractivity contribution < 1.29 is 22.7 Å². The van der Waals surface area contributed by atoms with Crippen LogP contribution < -0.4 is 10.2 Å². The average molecular weight is 618 g/mol. The number of thiazole rings is 1. The Morgan fingerprint density at radius 2 is 1.84 bits per heavy atom. The molecule has 1 unspecified atom stereocenters. The van der Waals surface area contributed by atoms with Gasteiger partial charge in [0, 0.05) is 55.3 Å². The Morgan fingerprint density at radius 1 is 1.07 bits per heavy atom. The molecule has 9 nitrogen and oxygen atoms in total. The highest BCUT2D eigenvalue weighted by Crippen LogP contribution is 2.38. The molecule has 1 N–H and O–H groups in total. The van der Waals surface area contributed by atoms with Gasteiger partial charge < -0.3 is 15.0 Å². The summed E-state index contributed by atoms with van der Waals surface area (Å²) >= 11 is 1.44. The Labute approximate surface area is 254 Å². The SMILES string of the molecule is CCOC(=O)CN1CCN(c2cc(Nc3nc(-c4cc(C)cc(C(F)(F)F)c4)c(CN4CCCC4C)s3)nc(C)n2)CC1. The Balaban J connectivity index is 1.38. The van der Waals surface area contributed by atoms with Crippen LogP contribution in [0.2, 0.25) is 0 Å². The quantitative estimate of drug-likeness (QED) is 0.306. The number of hydrogen-bond donors (Lipinski definition) is 1. The molecule has 0 aliphatic carbocycles. The predicted molar refractivity (Wildman–Crippen MR) is 162 cm³/mol. The highest BCUT2D eigenvalue weighted by Gasteiger charge is 2.32. The fourth-order valence-corrected chi connectivity index (χ4v) is 6.66. The van der Waals surface area contributed by atoms with E-state index in [4.69, 9.17) is 9.72 Å². The van der Waals surface area contributed by atoms with E-state index < -0.39 is 11.7 Å². The van der Waals surface area contributed by atoms with Gasteiger partial charge in [0.2, 0.25) is 0 Å². The van der Waals surface area contributed by atoms with Crippen molar-refractivity contribution in [3.05, 3.63) is 46.1 Å². The number of hydrogen-bond acceptors (Lipinski definition) is 10. The van der Waals surface area contributed by atoms with Crippen LogP contribution >= 0.6 is 11.3 Å². The summed E-state index contributed by atoms with van der Waals surface area (Å²) in [5.41, 5.74) is 0.874. The van der Waals surface area contributed by atoms with Gasteiger partial charge in [0.05, 0.1) is 24.4 Å². The normalized spacial score (nSPS) is 18.3. The number of carbonyl (C=O) groups is 1. The topological polar surface area (TPSA) is 86.7 Å². The summed E-state index contributed by atoms with van der Waals surface area (Å²) in [5.74, 6) is 1.70. The monoisotopic (exact) mass is 617 g/mol. The lowest BCUT2D eigenvalue weighted by atomic mass is 10.0. The molecular weight excluding hydrogens is 579 g/mol. The van der Waals surface area contributed by atoms with Gasteiger partial charge in [-0.1, -0.05) is 11.3 Å². The number of alkyl halides is 3. The number of nitrogens with one attached hydrogen (secondary N) is 1. The first-order chi connectivity index (χ1) is 20.5. The molecule has 2 aromatic heterocycles. The second-order valence-electron chi connectivity index (χ2n) is 11.2. The van der Waals surface area contributed by atoms with Crippen LogP contribution in [0.5, 0.6) is 0 Å². The first kappa shape index (κ1) is 31.1. The molecule has 13 heteroatoms. The number of anilines is 3. The van der Waals surface area contributed by atoms with Gasteiger partial charge in [0.1, 0.15) is 17.5 Å². The fraction of sp³-hybridized carbons (Fsp3) is 0.533. The highest BCUT2D eigenvalue weighted by atomic mass is 32.1. The van der Waals surface area contributed by atoms with Gasteiger partial charge in [-0.15, -0.1) is 0 Å². The van der Waals surface area contributed by atoms with E-state index in [-0.39, 0.29) is 12.5 Å². The number of likely N-dealkylation sites (tertiary alicyclic amines) is 1. The second kappa shape index (κ2) is 13.1. The Kier molecular flexibility index (Phi) is 9.52. The van der Waals surface area contributed by atoms with E-state index in [1.165, 1.54) is 23.5 Å². The van der Waals surface area contributed by atoms with Crippen molar-refractivity contribution in [2.45, 2.75) is 59.3 Å². The lowest BCUT2D eigenvalue weighted by Gasteiger charge is -2.34. The zero-order chi connectivity index (χ0) is 30.7. The summed E-state index contributed by atoms with van der Waals surface area (Å²) in [6.07, 6.45) is -2.24. The molecule has 5 rings (SSSR count). The minimum Gasteiger partial charge on any atom is -0.465 e. The van der Waals surface area contributed by atoms with Crippen LogP contribution in [-0.2, 0) is 22.3 Å². The van der Waals surface area contributed by atoms with Crippen LogP contribution in [0.1, 0.15) is 48.5 Å². The Morgan fingerprint density at radius 3 is 2.51 bits per heavy atom. The van der Waals surface area contributed by atoms with Crippen molar-refractivity contribution in [2.24, 2.45) is 0 Å². The van der Waals surface area contributed by atoms with Crippen molar-refractivity contribution in [3.63, 3.8) is 0 Å². The summed E-state index contributed by atoms with van der Waals surface area (Å²) in [6.45, 7) is 12.5. The maximum atomic E-state index is 13.7. The van der Waals surface area contributed by atoms with Crippen LogP contribution in [0.4, 0.5) is 29.9 Å². The van der Waals surface area contributed by atoms with Crippen molar-refractivity contribution in [3.8, 4) is 11.3 Å². The standard InChI is InChI=1S/C30H38F3N7O2S/c1-5-42-27(41)18-38-9-11-39(12-10-38)26-16-25(34-21(4)35-26)36-29-37-28(24(43-29)17-40-8-6-7-20(40)3)22-13-19(2)14-23(15-22)30(31,32)33/h13-16,20H,5-12,17-18H2,1-4H3,(H,34,35,36,37). The smallest absolute Gasteiger partial charge is 0.416 e. The van der Waals surface area contributed by atoms with Crippen molar-refractivity contribution in [1.82, 2.24) is 24.8 Å². The van der Waals surface area contributed by atoms with E-state index in [0.717, 1.165) is 30.1 Å². The molecule has 0 bridgehead atoms. The summed E-state index contributed by atoms with van der Waals surface area (Å²) in [6, 6.07) is 6.39. The maximum absolute atomic E-state index is 13.7. The number of benzene rings is 1. The summed E-state index contributed by atoms with van der Waals surface area (Å²) in [5, 5.41) is 3.88. The Bertz CT molecular complexity index is 1440. The molecule has 43 heavy (non-hydrogen) atoms. The van der Waals surface area contributed by atoms with Gasteiger partial charge in [-0.05, 0) is 70.8 Å². The first-order valence-electron chi connectivity index (χ1n) is 14.7. The van der Waals surface area contributed by atoms with Gasteiger partial charge in [-0.25, -0.2) is 15.0 Å². The van der Waals surface area contributed by atoms with E-state index >= 15 is 0 Å². The number of carbonyl (C=O) groups excluding carboxylic acids is 1. The van der Waals surface area contributed by atoms with E-state index in [1.807, 2.05) is 13.0 Å². The fourth-order valence-electron chi connectivity index (χ4n) is 5.65.